The number of aliphatic carboxylic acids is 1. The number of carbonyl (C=O) groups is 7. The molecule has 37 heavy (non-hydrogen) atoms. The Morgan fingerprint density at radius 1 is 1.16 bits per heavy atom. The van der Waals surface area contributed by atoms with Crippen molar-refractivity contribution in [1.29, 1.82) is 0 Å². The molecule has 2 aliphatic rings. The molecule has 0 aliphatic carbocycles. The van der Waals surface area contributed by atoms with Gasteiger partial charge in [-0.05, 0) is 37.1 Å². The topological polar surface area (TPSA) is 177 Å². The average molecular weight is 517 g/mol. The lowest BCUT2D eigenvalue weighted by atomic mass is 10.1. The Bertz CT molecular complexity index is 1110. The summed E-state index contributed by atoms with van der Waals surface area (Å²) >= 11 is 0. The third kappa shape index (κ3) is 6.20. The fourth-order valence-electron chi connectivity index (χ4n) is 4.02. The van der Waals surface area contributed by atoms with Crippen molar-refractivity contribution in [3.05, 3.63) is 29.8 Å². The van der Waals surface area contributed by atoms with Gasteiger partial charge in [-0.3, -0.25) is 29.4 Å². The van der Waals surface area contributed by atoms with Crippen LogP contribution in [-0.4, -0.2) is 94.3 Å². The monoisotopic (exact) mass is 516 g/mol. The molecule has 0 aromatic heterocycles. The minimum absolute atomic E-state index is 0.116. The highest BCUT2D eigenvalue weighted by molar-refractivity contribution is 5.98. The molecule has 3 N–H and O–H groups in total. The molecule has 0 bridgehead atoms. The molecule has 0 radical (unpaired) electrons. The van der Waals surface area contributed by atoms with E-state index in [1.807, 2.05) is 0 Å². The first kappa shape index (κ1) is 27.1. The fourth-order valence-corrected chi connectivity index (χ4v) is 4.02. The molecule has 14 nitrogen and oxygen atoms in total. The molecule has 3 rings (SSSR count). The highest BCUT2D eigenvalue weighted by atomic mass is 16.4. The largest absolute Gasteiger partial charge is 0.481 e. The summed E-state index contributed by atoms with van der Waals surface area (Å²) in [5.41, 5.74) is 3.22. The van der Waals surface area contributed by atoms with E-state index in [2.05, 4.69) is 10.7 Å². The van der Waals surface area contributed by atoms with Gasteiger partial charge >= 0.3 is 12.0 Å². The first-order valence-corrected chi connectivity index (χ1v) is 11.6. The fraction of sp³-hybridized carbons (Fsp3) is 0.435. The van der Waals surface area contributed by atoms with Crippen molar-refractivity contribution < 1.29 is 38.7 Å². The number of nitrogens with zero attached hydrogens (tertiary/aromatic N) is 4. The van der Waals surface area contributed by atoms with Gasteiger partial charge in [0.2, 0.25) is 17.7 Å². The summed E-state index contributed by atoms with van der Waals surface area (Å²) in [6.07, 6.45) is 0.0868. The molecular weight excluding hydrogens is 488 g/mol. The highest BCUT2D eigenvalue weighted by Gasteiger charge is 2.44. The van der Waals surface area contributed by atoms with Gasteiger partial charge in [-0.1, -0.05) is 0 Å². The zero-order valence-corrected chi connectivity index (χ0v) is 20.4. The smallest absolute Gasteiger partial charge is 0.358 e. The van der Waals surface area contributed by atoms with Crippen molar-refractivity contribution in [2.24, 2.45) is 0 Å². The number of hydrazine groups is 2. The molecule has 0 unspecified atom stereocenters. The standard InChI is InChI=1S/C23H28N6O8/c1-14(31)26(2)17-7-5-15(6-8-17)21(35)25-27-11-9-19(32)28-10-3-4-18(29(28)23(27)37)22(36)24-16(13-30)12-20(33)34/h5-8,13,16,18H,3-4,9-12H2,1-2H3,(H,24,36)(H,25,35)(H,33,34)/t16-,18-/m0/s1. The normalized spacial score (nSPS) is 18.3. The van der Waals surface area contributed by atoms with E-state index in [1.54, 1.807) is 19.2 Å². The van der Waals surface area contributed by atoms with Gasteiger partial charge in [-0.15, -0.1) is 0 Å². The van der Waals surface area contributed by atoms with E-state index in [0.29, 0.717) is 12.1 Å². The van der Waals surface area contributed by atoms with E-state index in [4.69, 9.17) is 5.11 Å². The van der Waals surface area contributed by atoms with Gasteiger partial charge < -0.3 is 20.1 Å². The van der Waals surface area contributed by atoms with Crippen LogP contribution in [0.25, 0.3) is 0 Å². The number of hydrogen-bond donors (Lipinski definition) is 3. The molecule has 2 aliphatic heterocycles. The van der Waals surface area contributed by atoms with E-state index >= 15 is 0 Å². The van der Waals surface area contributed by atoms with Gasteiger partial charge in [-0.25, -0.2) is 19.8 Å². The number of nitrogens with one attached hydrogen (secondary N) is 2. The molecule has 2 saturated heterocycles. The van der Waals surface area contributed by atoms with Crippen LogP contribution in [-0.2, 0) is 24.0 Å². The lowest BCUT2D eigenvalue weighted by Gasteiger charge is -2.42. The lowest BCUT2D eigenvalue weighted by Crippen LogP contribution is -2.64. The molecule has 2 heterocycles. The van der Waals surface area contributed by atoms with E-state index < -0.39 is 48.2 Å². The molecule has 2 fully saturated rings. The molecule has 198 valence electrons. The van der Waals surface area contributed by atoms with Gasteiger partial charge in [0, 0.05) is 38.2 Å². The molecule has 2 atom stereocenters. The van der Waals surface area contributed by atoms with Crippen molar-refractivity contribution >= 4 is 47.6 Å². The average Bonchev–Trinajstić information content (AvgIpc) is 2.99. The maximum absolute atomic E-state index is 13.4. The van der Waals surface area contributed by atoms with Crippen LogP contribution in [0.1, 0.15) is 43.0 Å². The van der Waals surface area contributed by atoms with Crippen LogP contribution >= 0.6 is 0 Å². The number of aldehydes is 1. The summed E-state index contributed by atoms with van der Waals surface area (Å²) in [4.78, 5) is 87.0. The second-order valence-electron chi connectivity index (χ2n) is 8.62. The molecule has 14 heteroatoms. The van der Waals surface area contributed by atoms with Crippen LogP contribution in [0, 0.1) is 0 Å². The van der Waals surface area contributed by atoms with Crippen LogP contribution < -0.4 is 15.6 Å². The number of fused-ring (bicyclic) bond motifs is 1. The minimum atomic E-state index is -1.31. The Labute approximate surface area is 212 Å². The van der Waals surface area contributed by atoms with Gasteiger partial charge in [0.15, 0.2) is 0 Å². The van der Waals surface area contributed by atoms with E-state index in [1.165, 1.54) is 24.0 Å². The maximum atomic E-state index is 13.4. The van der Waals surface area contributed by atoms with E-state index in [0.717, 1.165) is 15.0 Å². The molecule has 0 saturated carbocycles. The van der Waals surface area contributed by atoms with E-state index in [-0.39, 0.29) is 43.7 Å². The molecule has 1 aromatic carbocycles. The number of carboxylic acid groups (broad SMARTS) is 1. The second kappa shape index (κ2) is 11.5. The summed E-state index contributed by atoms with van der Waals surface area (Å²) in [7, 11) is 1.58. The Balaban J connectivity index is 1.78. The van der Waals surface area contributed by atoms with Crippen molar-refractivity contribution in [3.8, 4) is 0 Å². The lowest BCUT2D eigenvalue weighted by molar-refractivity contribution is -0.155. The molecule has 6 amide bonds. The number of urea groups is 1. The first-order chi connectivity index (χ1) is 17.5. The van der Waals surface area contributed by atoms with Crippen molar-refractivity contribution in [2.75, 3.05) is 25.0 Å². The Morgan fingerprint density at radius 2 is 1.84 bits per heavy atom. The predicted molar refractivity (Wildman–Crippen MR) is 127 cm³/mol. The van der Waals surface area contributed by atoms with Gasteiger partial charge in [-0.2, -0.15) is 0 Å². The number of hydrogen-bond acceptors (Lipinski definition) is 7. The van der Waals surface area contributed by atoms with Crippen molar-refractivity contribution in [2.45, 2.75) is 44.7 Å². The van der Waals surface area contributed by atoms with Crippen LogP contribution in [0.2, 0.25) is 0 Å². The van der Waals surface area contributed by atoms with Crippen LogP contribution in [0.15, 0.2) is 24.3 Å². The predicted octanol–water partition coefficient (Wildman–Crippen LogP) is -0.494. The number of rotatable bonds is 8. The molecule has 0 spiro atoms. The second-order valence-corrected chi connectivity index (χ2v) is 8.62. The first-order valence-electron chi connectivity index (χ1n) is 11.6. The van der Waals surface area contributed by atoms with E-state index in [9.17, 15) is 33.6 Å². The number of carboxylic acids is 1. The van der Waals surface area contributed by atoms with Crippen LogP contribution in [0.5, 0.6) is 0 Å². The number of amides is 6. The Morgan fingerprint density at radius 3 is 2.43 bits per heavy atom. The van der Waals surface area contributed by atoms with Gasteiger partial charge in [0.05, 0.1) is 19.0 Å². The zero-order valence-electron chi connectivity index (χ0n) is 20.4. The summed E-state index contributed by atoms with van der Waals surface area (Å²) in [5, 5.41) is 14.3. The molecule has 1 aromatic rings. The third-order valence-corrected chi connectivity index (χ3v) is 6.08. The Hall–Kier alpha value is -4.49. The van der Waals surface area contributed by atoms with Crippen molar-refractivity contribution in [3.63, 3.8) is 0 Å². The quantitative estimate of drug-likeness (QED) is 0.388. The maximum Gasteiger partial charge on any atom is 0.358 e. The summed E-state index contributed by atoms with van der Waals surface area (Å²) < 4.78 is 0. The van der Waals surface area contributed by atoms with Crippen LogP contribution in [0.3, 0.4) is 0 Å². The third-order valence-electron chi connectivity index (χ3n) is 6.08. The number of carbonyl (C=O) groups excluding carboxylic acids is 6. The van der Waals surface area contributed by atoms with Crippen molar-refractivity contribution in [1.82, 2.24) is 25.8 Å². The minimum Gasteiger partial charge on any atom is -0.481 e. The van der Waals surface area contributed by atoms with Gasteiger partial charge in [0.25, 0.3) is 5.91 Å². The highest BCUT2D eigenvalue weighted by Crippen LogP contribution is 2.24. The summed E-state index contributed by atoms with van der Waals surface area (Å²) in [6.45, 7) is 1.43. The van der Waals surface area contributed by atoms with Crippen LogP contribution in [0.4, 0.5) is 10.5 Å². The Kier molecular flexibility index (Phi) is 8.42. The summed E-state index contributed by atoms with van der Waals surface area (Å²) in [6, 6.07) is 2.76. The number of benzene rings is 1. The zero-order chi connectivity index (χ0) is 27.3. The molecular formula is C23H28N6O8. The number of anilines is 1. The SMILES string of the molecule is CC(=O)N(C)c1ccc(C(=O)NN2CCC(=O)N3CCC[C@@H](C(=O)N[C@H](C=O)CC(=O)O)N3C2=O)cc1. The summed E-state index contributed by atoms with van der Waals surface area (Å²) in [5.74, 6) is -3.35. The van der Waals surface area contributed by atoms with Gasteiger partial charge in [0.1, 0.15) is 12.3 Å².